The number of fused-ring (bicyclic) bond motifs is 4. The molecule has 1 amide bonds. The molecule has 0 saturated heterocycles. The lowest BCUT2D eigenvalue weighted by Crippen LogP contribution is -2.28. The highest BCUT2D eigenvalue weighted by Crippen LogP contribution is 2.37. The fourth-order valence-corrected chi connectivity index (χ4v) is 5.07. The Balaban J connectivity index is 1.18. The first kappa shape index (κ1) is 20.5. The SMILES string of the molecule is O=C(CCNS(=O)(=O)c1ccc2c(c1)OCCO2)Nc1ccc2c(c1)Cc1ccccc1-2. The van der Waals surface area contributed by atoms with Crippen LogP contribution in [0.2, 0.25) is 0 Å². The summed E-state index contributed by atoms with van der Waals surface area (Å²) >= 11 is 0. The van der Waals surface area contributed by atoms with Crippen LogP contribution in [0.5, 0.6) is 11.5 Å². The molecule has 1 heterocycles. The summed E-state index contributed by atoms with van der Waals surface area (Å²) in [5.74, 6) is 0.660. The number of carbonyl (C=O) groups excluding carboxylic acids is 1. The minimum Gasteiger partial charge on any atom is -0.486 e. The molecular formula is C24H22N2O5S. The van der Waals surface area contributed by atoms with Crippen molar-refractivity contribution in [2.75, 3.05) is 25.1 Å². The standard InChI is InChI=1S/C24H22N2O5S/c27-24(26-18-5-7-21-17(14-18)13-16-3-1-2-4-20(16)21)9-10-25-32(28,29)19-6-8-22-23(15-19)31-12-11-30-22/h1-8,14-15,25H,9-13H2,(H,26,27). The number of ether oxygens (including phenoxy) is 2. The van der Waals surface area contributed by atoms with Gasteiger partial charge < -0.3 is 14.8 Å². The van der Waals surface area contributed by atoms with Crippen molar-refractivity contribution in [3.63, 3.8) is 0 Å². The predicted octanol–water partition coefficient (Wildman–Crippen LogP) is 3.34. The van der Waals surface area contributed by atoms with Gasteiger partial charge >= 0.3 is 0 Å². The van der Waals surface area contributed by atoms with Gasteiger partial charge in [0.15, 0.2) is 11.5 Å². The largest absolute Gasteiger partial charge is 0.486 e. The maximum absolute atomic E-state index is 12.6. The van der Waals surface area contributed by atoms with Crippen LogP contribution in [0, 0.1) is 0 Å². The van der Waals surface area contributed by atoms with Crippen LogP contribution in [-0.2, 0) is 21.2 Å². The quantitative estimate of drug-likeness (QED) is 0.470. The van der Waals surface area contributed by atoms with Crippen LogP contribution in [0.25, 0.3) is 11.1 Å². The monoisotopic (exact) mass is 450 g/mol. The van der Waals surface area contributed by atoms with Gasteiger partial charge in [-0.05, 0) is 52.9 Å². The van der Waals surface area contributed by atoms with Gasteiger partial charge in [0.25, 0.3) is 0 Å². The molecule has 164 valence electrons. The van der Waals surface area contributed by atoms with Crippen molar-refractivity contribution in [1.29, 1.82) is 0 Å². The third kappa shape index (κ3) is 4.06. The van der Waals surface area contributed by atoms with E-state index in [-0.39, 0.29) is 23.8 Å². The lowest BCUT2D eigenvalue weighted by molar-refractivity contribution is -0.116. The predicted molar refractivity (Wildman–Crippen MR) is 121 cm³/mol. The number of amides is 1. The highest BCUT2D eigenvalue weighted by Gasteiger charge is 2.20. The Morgan fingerprint density at radius 3 is 2.53 bits per heavy atom. The zero-order valence-electron chi connectivity index (χ0n) is 17.3. The first-order valence-electron chi connectivity index (χ1n) is 10.4. The fraction of sp³-hybridized carbons (Fsp3) is 0.208. The third-order valence-corrected chi connectivity index (χ3v) is 7.00. The summed E-state index contributed by atoms with van der Waals surface area (Å²) in [4.78, 5) is 12.4. The molecule has 0 fully saturated rings. The molecule has 1 aliphatic carbocycles. The number of carbonyl (C=O) groups is 1. The summed E-state index contributed by atoms with van der Waals surface area (Å²) in [6.07, 6.45) is 0.853. The minimum absolute atomic E-state index is 0.0149. The van der Waals surface area contributed by atoms with Gasteiger partial charge in [0.1, 0.15) is 13.2 Å². The van der Waals surface area contributed by atoms with Crippen LogP contribution < -0.4 is 19.5 Å². The Kier molecular flexibility index (Phi) is 5.32. The van der Waals surface area contributed by atoms with Crippen LogP contribution >= 0.6 is 0 Å². The van der Waals surface area contributed by atoms with Crippen LogP contribution in [0.3, 0.4) is 0 Å². The number of rotatable bonds is 6. The molecule has 0 atom stereocenters. The number of hydrogen-bond donors (Lipinski definition) is 2. The topological polar surface area (TPSA) is 93.7 Å². The molecule has 7 nitrogen and oxygen atoms in total. The molecule has 2 aliphatic rings. The third-order valence-electron chi connectivity index (χ3n) is 5.55. The van der Waals surface area contributed by atoms with Crippen molar-refractivity contribution in [1.82, 2.24) is 4.72 Å². The Morgan fingerprint density at radius 1 is 0.875 bits per heavy atom. The average molecular weight is 451 g/mol. The molecule has 0 bridgehead atoms. The minimum atomic E-state index is -3.77. The van der Waals surface area contributed by atoms with E-state index in [1.165, 1.54) is 34.4 Å². The average Bonchev–Trinajstić information content (AvgIpc) is 3.16. The van der Waals surface area contributed by atoms with Gasteiger partial charge in [0.05, 0.1) is 4.90 Å². The van der Waals surface area contributed by atoms with E-state index in [9.17, 15) is 13.2 Å². The molecule has 0 radical (unpaired) electrons. The number of benzene rings is 3. The Bertz CT molecular complexity index is 1300. The van der Waals surface area contributed by atoms with E-state index >= 15 is 0 Å². The second-order valence-electron chi connectivity index (χ2n) is 7.71. The Morgan fingerprint density at radius 2 is 1.66 bits per heavy atom. The Hall–Kier alpha value is -3.36. The van der Waals surface area contributed by atoms with Gasteiger partial charge in [-0.15, -0.1) is 0 Å². The molecule has 3 aromatic rings. The normalized spacial score (nSPS) is 13.9. The van der Waals surface area contributed by atoms with Crippen molar-refractivity contribution in [3.05, 3.63) is 71.8 Å². The van der Waals surface area contributed by atoms with E-state index in [1.54, 1.807) is 6.07 Å². The molecule has 5 rings (SSSR count). The molecule has 3 aromatic carbocycles. The van der Waals surface area contributed by atoms with Crippen LogP contribution in [-0.4, -0.2) is 34.1 Å². The van der Waals surface area contributed by atoms with Crippen molar-refractivity contribution >= 4 is 21.6 Å². The molecule has 0 saturated carbocycles. The molecule has 1 aliphatic heterocycles. The molecule has 0 aromatic heterocycles. The number of hydrogen-bond acceptors (Lipinski definition) is 5. The summed E-state index contributed by atoms with van der Waals surface area (Å²) in [6.45, 7) is 0.793. The second-order valence-corrected chi connectivity index (χ2v) is 9.47. The molecule has 0 spiro atoms. The van der Waals surface area contributed by atoms with Gasteiger partial charge in [-0.25, -0.2) is 13.1 Å². The van der Waals surface area contributed by atoms with Crippen LogP contribution in [0.15, 0.2) is 65.6 Å². The van der Waals surface area contributed by atoms with E-state index in [4.69, 9.17) is 9.47 Å². The van der Waals surface area contributed by atoms with Gasteiger partial charge in [-0.1, -0.05) is 30.3 Å². The van der Waals surface area contributed by atoms with Crippen molar-refractivity contribution < 1.29 is 22.7 Å². The first-order valence-corrected chi connectivity index (χ1v) is 11.9. The Labute approximate surface area is 186 Å². The summed E-state index contributed by atoms with van der Waals surface area (Å²) < 4.78 is 38.4. The zero-order chi connectivity index (χ0) is 22.1. The number of nitrogens with one attached hydrogen (secondary N) is 2. The van der Waals surface area contributed by atoms with E-state index < -0.39 is 10.0 Å². The maximum Gasteiger partial charge on any atom is 0.240 e. The van der Waals surface area contributed by atoms with Crippen molar-refractivity contribution in [2.45, 2.75) is 17.7 Å². The van der Waals surface area contributed by atoms with Crippen molar-refractivity contribution in [3.8, 4) is 22.6 Å². The molecule has 8 heteroatoms. The van der Waals surface area contributed by atoms with Crippen LogP contribution in [0.4, 0.5) is 5.69 Å². The first-order chi connectivity index (χ1) is 15.5. The van der Waals surface area contributed by atoms with E-state index in [2.05, 4.69) is 22.2 Å². The van der Waals surface area contributed by atoms with Gasteiger partial charge in [0, 0.05) is 24.7 Å². The van der Waals surface area contributed by atoms with E-state index in [0.717, 1.165) is 6.42 Å². The molecule has 32 heavy (non-hydrogen) atoms. The summed E-state index contributed by atoms with van der Waals surface area (Å²) in [5.41, 5.74) is 5.57. The van der Waals surface area contributed by atoms with E-state index in [0.29, 0.717) is 30.4 Å². The number of anilines is 1. The summed E-state index contributed by atoms with van der Waals surface area (Å²) in [6, 6.07) is 18.6. The van der Waals surface area contributed by atoms with Gasteiger partial charge in [0.2, 0.25) is 15.9 Å². The van der Waals surface area contributed by atoms with Gasteiger partial charge in [-0.2, -0.15) is 0 Å². The fourth-order valence-electron chi connectivity index (χ4n) is 4.02. The second kappa shape index (κ2) is 8.29. The lowest BCUT2D eigenvalue weighted by atomic mass is 10.1. The molecule has 0 unspecified atom stereocenters. The summed E-state index contributed by atoms with van der Waals surface area (Å²) in [7, 11) is -3.77. The highest BCUT2D eigenvalue weighted by molar-refractivity contribution is 7.89. The van der Waals surface area contributed by atoms with Gasteiger partial charge in [-0.3, -0.25) is 4.79 Å². The van der Waals surface area contributed by atoms with Crippen molar-refractivity contribution in [2.24, 2.45) is 0 Å². The summed E-state index contributed by atoms with van der Waals surface area (Å²) in [5, 5.41) is 2.86. The highest BCUT2D eigenvalue weighted by atomic mass is 32.2. The molecule has 2 N–H and O–H groups in total. The zero-order valence-corrected chi connectivity index (χ0v) is 18.1. The lowest BCUT2D eigenvalue weighted by Gasteiger charge is -2.18. The van der Waals surface area contributed by atoms with E-state index in [1.807, 2.05) is 30.3 Å². The number of sulfonamides is 1. The smallest absolute Gasteiger partial charge is 0.240 e. The molecular weight excluding hydrogens is 428 g/mol. The van der Waals surface area contributed by atoms with Crippen LogP contribution in [0.1, 0.15) is 17.5 Å². The maximum atomic E-state index is 12.6.